The van der Waals surface area contributed by atoms with Gasteiger partial charge in [0.05, 0.1) is 0 Å². The fourth-order valence-electron chi connectivity index (χ4n) is 2.58. The Morgan fingerprint density at radius 1 is 0.550 bits per heavy atom. The molecule has 2 N–H and O–H groups in total. The summed E-state index contributed by atoms with van der Waals surface area (Å²) in [4.78, 5) is 0. The van der Waals surface area contributed by atoms with Crippen LogP contribution in [0.1, 0.15) is 96.8 Å². The van der Waals surface area contributed by atoms with Crippen LogP contribution in [0.15, 0.2) is 0 Å². The van der Waals surface area contributed by atoms with Crippen molar-refractivity contribution in [2.24, 2.45) is 0 Å². The number of aliphatic hydroxyl groups is 1. The Labute approximate surface area is 127 Å². The molecule has 2 nitrogen and oxygen atoms in total. The third kappa shape index (κ3) is 17.9. The molecule has 0 saturated carbocycles. The van der Waals surface area contributed by atoms with Gasteiger partial charge in [-0.1, -0.05) is 77.6 Å². The normalized spacial score (nSPS) is 11.1. The lowest BCUT2D eigenvalue weighted by Crippen LogP contribution is -2.16. The van der Waals surface area contributed by atoms with Gasteiger partial charge in [0.15, 0.2) is 0 Å². The standard InChI is InChI=1S/C18H39NO/c1-2-3-4-5-6-7-8-9-10-13-16-19-17-14-11-12-15-18-20/h19-20H,2-18H2,1H3. The van der Waals surface area contributed by atoms with Crippen molar-refractivity contribution in [2.45, 2.75) is 96.8 Å². The van der Waals surface area contributed by atoms with Crippen molar-refractivity contribution in [1.82, 2.24) is 5.32 Å². The summed E-state index contributed by atoms with van der Waals surface area (Å²) >= 11 is 0. The predicted molar refractivity (Wildman–Crippen MR) is 90.3 cm³/mol. The second kappa shape index (κ2) is 18.9. The number of rotatable bonds is 17. The van der Waals surface area contributed by atoms with Crippen molar-refractivity contribution in [3.8, 4) is 0 Å². The lowest BCUT2D eigenvalue weighted by Gasteiger charge is -2.05. The van der Waals surface area contributed by atoms with Crippen molar-refractivity contribution in [3.63, 3.8) is 0 Å². The minimum atomic E-state index is 0.353. The predicted octanol–water partition coefficient (Wildman–Crippen LogP) is 5.05. The molecule has 0 fully saturated rings. The lowest BCUT2D eigenvalue weighted by atomic mass is 10.1. The first-order valence-electron chi connectivity index (χ1n) is 9.23. The molecule has 0 aliphatic heterocycles. The van der Waals surface area contributed by atoms with Gasteiger partial charge < -0.3 is 10.4 Å². The molecule has 0 atom stereocenters. The fraction of sp³-hybridized carbons (Fsp3) is 1.00. The van der Waals surface area contributed by atoms with Crippen LogP contribution in [0, 0.1) is 0 Å². The summed E-state index contributed by atoms with van der Waals surface area (Å²) in [5, 5.41) is 12.2. The van der Waals surface area contributed by atoms with Crippen LogP contribution < -0.4 is 5.32 Å². The number of aliphatic hydroxyl groups excluding tert-OH is 1. The van der Waals surface area contributed by atoms with Gasteiger partial charge in [-0.3, -0.25) is 0 Å². The molecule has 0 aliphatic carbocycles. The fourth-order valence-corrected chi connectivity index (χ4v) is 2.58. The highest BCUT2D eigenvalue weighted by Gasteiger charge is 1.93. The zero-order chi connectivity index (χ0) is 14.7. The molecule has 0 spiro atoms. The van der Waals surface area contributed by atoms with E-state index in [1.54, 1.807) is 0 Å². The number of hydrogen-bond donors (Lipinski definition) is 2. The Morgan fingerprint density at radius 2 is 0.950 bits per heavy atom. The number of nitrogens with one attached hydrogen (secondary N) is 1. The first-order valence-corrected chi connectivity index (χ1v) is 9.23. The van der Waals surface area contributed by atoms with Gasteiger partial charge in [0.25, 0.3) is 0 Å². The van der Waals surface area contributed by atoms with E-state index in [0.717, 1.165) is 13.0 Å². The molecule has 0 aromatic rings. The molecular weight excluding hydrogens is 246 g/mol. The quantitative estimate of drug-likeness (QED) is 0.367. The van der Waals surface area contributed by atoms with Gasteiger partial charge in [-0.2, -0.15) is 0 Å². The van der Waals surface area contributed by atoms with E-state index >= 15 is 0 Å². The van der Waals surface area contributed by atoms with E-state index < -0.39 is 0 Å². The van der Waals surface area contributed by atoms with Crippen LogP contribution in [0.25, 0.3) is 0 Å². The van der Waals surface area contributed by atoms with Crippen molar-refractivity contribution in [1.29, 1.82) is 0 Å². The second-order valence-electron chi connectivity index (χ2n) is 6.07. The van der Waals surface area contributed by atoms with E-state index in [4.69, 9.17) is 5.11 Å². The van der Waals surface area contributed by atoms with Crippen LogP contribution in [0.3, 0.4) is 0 Å². The zero-order valence-electron chi connectivity index (χ0n) is 14.0. The molecule has 0 bridgehead atoms. The largest absolute Gasteiger partial charge is 0.396 e. The highest BCUT2D eigenvalue weighted by molar-refractivity contribution is 4.52. The maximum atomic E-state index is 8.67. The Hall–Kier alpha value is -0.0800. The van der Waals surface area contributed by atoms with Gasteiger partial charge in [0, 0.05) is 6.61 Å². The van der Waals surface area contributed by atoms with E-state index in [9.17, 15) is 0 Å². The number of hydrogen-bond acceptors (Lipinski definition) is 2. The zero-order valence-corrected chi connectivity index (χ0v) is 14.0. The van der Waals surface area contributed by atoms with Crippen LogP contribution in [0.4, 0.5) is 0 Å². The molecule has 0 unspecified atom stereocenters. The molecule has 0 aliphatic rings. The van der Waals surface area contributed by atoms with E-state index in [1.807, 2.05) is 0 Å². The van der Waals surface area contributed by atoms with Crippen molar-refractivity contribution < 1.29 is 5.11 Å². The Morgan fingerprint density at radius 3 is 1.40 bits per heavy atom. The van der Waals surface area contributed by atoms with Crippen LogP contribution in [-0.2, 0) is 0 Å². The van der Waals surface area contributed by atoms with Crippen molar-refractivity contribution in [3.05, 3.63) is 0 Å². The summed E-state index contributed by atoms with van der Waals surface area (Å²) in [5.74, 6) is 0. The van der Waals surface area contributed by atoms with Gasteiger partial charge in [0.1, 0.15) is 0 Å². The Bertz CT molecular complexity index is 143. The van der Waals surface area contributed by atoms with Crippen LogP contribution in [-0.4, -0.2) is 24.8 Å². The summed E-state index contributed by atoms with van der Waals surface area (Å²) in [5.41, 5.74) is 0. The third-order valence-corrected chi connectivity index (χ3v) is 3.97. The Kier molecular flexibility index (Phi) is 18.8. The smallest absolute Gasteiger partial charge is 0.0431 e. The van der Waals surface area contributed by atoms with Gasteiger partial charge >= 0.3 is 0 Å². The first-order chi connectivity index (χ1) is 9.91. The van der Waals surface area contributed by atoms with Gasteiger partial charge in [-0.15, -0.1) is 0 Å². The van der Waals surface area contributed by atoms with Crippen LogP contribution in [0.2, 0.25) is 0 Å². The summed E-state index contributed by atoms with van der Waals surface area (Å²) in [6, 6.07) is 0. The average Bonchev–Trinajstić information content (AvgIpc) is 2.47. The molecule has 0 amide bonds. The summed E-state index contributed by atoms with van der Waals surface area (Å²) < 4.78 is 0. The molecule has 0 saturated heterocycles. The van der Waals surface area contributed by atoms with E-state index in [-0.39, 0.29) is 0 Å². The van der Waals surface area contributed by atoms with E-state index in [0.29, 0.717) is 6.61 Å². The van der Waals surface area contributed by atoms with E-state index in [2.05, 4.69) is 12.2 Å². The van der Waals surface area contributed by atoms with Crippen LogP contribution >= 0.6 is 0 Å². The lowest BCUT2D eigenvalue weighted by molar-refractivity contribution is 0.282. The minimum absolute atomic E-state index is 0.353. The highest BCUT2D eigenvalue weighted by atomic mass is 16.2. The summed E-state index contributed by atoms with van der Waals surface area (Å²) in [6.07, 6.45) is 18.8. The highest BCUT2D eigenvalue weighted by Crippen LogP contribution is 2.10. The SMILES string of the molecule is CCCCCCCCCCCCNCCCCCCO. The molecule has 0 rings (SSSR count). The van der Waals surface area contributed by atoms with Gasteiger partial charge in [-0.25, -0.2) is 0 Å². The third-order valence-electron chi connectivity index (χ3n) is 3.97. The molecule has 0 aromatic heterocycles. The molecule has 0 heterocycles. The molecule has 0 aromatic carbocycles. The molecule has 20 heavy (non-hydrogen) atoms. The Balaban J connectivity index is 2.89. The molecular formula is C18H39NO. The molecule has 0 radical (unpaired) electrons. The maximum Gasteiger partial charge on any atom is 0.0431 e. The topological polar surface area (TPSA) is 32.3 Å². The van der Waals surface area contributed by atoms with Gasteiger partial charge in [-0.05, 0) is 32.4 Å². The van der Waals surface area contributed by atoms with Gasteiger partial charge in [0.2, 0.25) is 0 Å². The monoisotopic (exact) mass is 285 g/mol. The second-order valence-corrected chi connectivity index (χ2v) is 6.07. The minimum Gasteiger partial charge on any atom is -0.396 e. The summed E-state index contributed by atoms with van der Waals surface area (Å²) in [6.45, 7) is 4.98. The molecule has 122 valence electrons. The van der Waals surface area contributed by atoms with Crippen molar-refractivity contribution in [2.75, 3.05) is 19.7 Å². The number of unbranched alkanes of at least 4 members (excludes halogenated alkanes) is 12. The maximum absolute atomic E-state index is 8.67. The van der Waals surface area contributed by atoms with E-state index in [1.165, 1.54) is 90.0 Å². The average molecular weight is 286 g/mol. The first kappa shape index (κ1) is 19.9. The molecule has 2 heteroatoms. The van der Waals surface area contributed by atoms with Crippen LogP contribution in [0.5, 0.6) is 0 Å². The van der Waals surface area contributed by atoms with Crippen molar-refractivity contribution >= 4 is 0 Å². The summed E-state index contributed by atoms with van der Waals surface area (Å²) in [7, 11) is 0.